The highest BCUT2D eigenvalue weighted by atomic mass is 16.2. The molecule has 4 rings (SSSR count). The molecule has 1 aliphatic heterocycles. The summed E-state index contributed by atoms with van der Waals surface area (Å²) in [6, 6.07) is 10.2. The molecule has 1 aliphatic carbocycles. The van der Waals surface area contributed by atoms with E-state index in [4.69, 9.17) is 0 Å². The first-order valence-corrected chi connectivity index (χ1v) is 10.6. The summed E-state index contributed by atoms with van der Waals surface area (Å²) in [6.07, 6.45) is 9.84. The highest BCUT2D eigenvalue weighted by Gasteiger charge is 2.26. The molecule has 0 radical (unpaired) electrons. The Hall–Kier alpha value is -2.83. The zero-order valence-corrected chi connectivity index (χ0v) is 16.8. The van der Waals surface area contributed by atoms with Crippen molar-refractivity contribution in [1.29, 1.82) is 0 Å². The number of carbonyl (C=O) groups is 2. The van der Waals surface area contributed by atoms with Gasteiger partial charge in [0.1, 0.15) is 0 Å². The van der Waals surface area contributed by atoms with Crippen LogP contribution >= 0.6 is 0 Å². The minimum absolute atomic E-state index is 0.0214. The molecule has 3 amide bonds. The van der Waals surface area contributed by atoms with Crippen LogP contribution in [0.25, 0.3) is 5.69 Å². The summed E-state index contributed by atoms with van der Waals surface area (Å²) < 4.78 is 1.79. The third kappa shape index (κ3) is 4.96. The van der Waals surface area contributed by atoms with Crippen LogP contribution in [0.3, 0.4) is 0 Å². The second-order valence-electron chi connectivity index (χ2n) is 7.96. The summed E-state index contributed by atoms with van der Waals surface area (Å²) in [5, 5.41) is 7.52. The lowest BCUT2D eigenvalue weighted by atomic mass is 9.96. The lowest BCUT2D eigenvalue weighted by molar-refractivity contribution is -0.131. The number of rotatable bonds is 4. The molecule has 1 saturated heterocycles. The van der Waals surface area contributed by atoms with Gasteiger partial charge < -0.3 is 15.1 Å². The molecule has 0 atom stereocenters. The number of benzene rings is 1. The normalized spacial score (nSPS) is 17.9. The Morgan fingerprint density at radius 1 is 0.966 bits per heavy atom. The maximum Gasteiger partial charge on any atom is 0.317 e. The van der Waals surface area contributed by atoms with Crippen LogP contribution in [0.5, 0.6) is 0 Å². The lowest BCUT2D eigenvalue weighted by Gasteiger charge is -2.36. The Morgan fingerprint density at radius 3 is 2.38 bits per heavy atom. The molecule has 1 saturated carbocycles. The van der Waals surface area contributed by atoms with Crippen molar-refractivity contribution < 1.29 is 9.59 Å². The van der Waals surface area contributed by atoms with Gasteiger partial charge in [-0.3, -0.25) is 4.79 Å². The van der Waals surface area contributed by atoms with Crippen LogP contribution in [-0.4, -0.2) is 63.7 Å². The van der Waals surface area contributed by atoms with E-state index in [2.05, 4.69) is 10.4 Å². The molecule has 154 valence electrons. The minimum Gasteiger partial charge on any atom is -0.339 e. The fourth-order valence-electron chi connectivity index (χ4n) is 4.13. The van der Waals surface area contributed by atoms with Crippen LogP contribution < -0.4 is 5.32 Å². The predicted octanol–water partition coefficient (Wildman–Crippen LogP) is 2.60. The number of nitrogens with zero attached hydrogens (tertiary/aromatic N) is 4. The molecule has 2 heterocycles. The lowest BCUT2D eigenvalue weighted by Crippen LogP contribution is -2.54. The number of hydrogen-bond acceptors (Lipinski definition) is 3. The van der Waals surface area contributed by atoms with E-state index in [1.54, 1.807) is 10.9 Å². The highest BCUT2D eigenvalue weighted by molar-refractivity contribution is 5.79. The van der Waals surface area contributed by atoms with Crippen molar-refractivity contribution in [2.75, 3.05) is 26.2 Å². The van der Waals surface area contributed by atoms with Gasteiger partial charge in [-0.05, 0) is 30.5 Å². The van der Waals surface area contributed by atoms with Gasteiger partial charge in [0.25, 0.3) is 0 Å². The number of urea groups is 1. The van der Waals surface area contributed by atoms with Gasteiger partial charge in [0.15, 0.2) is 0 Å². The van der Waals surface area contributed by atoms with E-state index in [0.717, 1.165) is 24.1 Å². The van der Waals surface area contributed by atoms with Crippen molar-refractivity contribution in [1.82, 2.24) is 24.9 Å². The van der Waals surface area contributed by atoms with E-state index in [1.165, 1.54) is 19.3 Å². The second-order valence-corrected chi connectivity index (χ2v) is 7.96. The molecule has 29 heavy (non-hydrogen) atoms. The van der Waals surface area contributed by atoms with Crippen LogP contribution in [0.1, 0.15) is 37.7 Å². The van der Waals surface area contributed by atoms with Gasteiger partial charge >= 0.3 is 6.03 Å². The van der Waals surface area contributed by atoms with Gasteiger partial charge in [-0.25, -0.2) is 9.48 Å². The van der Waals surface area contributed by atoms with Gasteiger partial charge in [-0.1, -0.05) is 37.5 Å². The van der Waals surface area contributed by atoms with Gasteiger partial charge in [0.2, 0.25) is 5.91 Å². The standard InChI is InChI=1S/C22H29N5O2/c28-21(15-18-16-23-27(17-18)20-9-5-2-6-10-20)25-11-13-26(14-12-25)22(29)24-19-7-3-1-4-8-19/h2,5-6,9-10,16-17,19H,1,3-4,7-8,11-15H2,(H,24,29). The van der Waals surface area contributed by atoms with E-state index in [-0.39, 0.29) is 11.9 Å². The summed E-state index contributed by atoms with van der Waals surface area (Å²) in [5.74, 6) is 0.0879. The molecule has 2 aliphatic rings. The Kier molecular flexibility index (Phi) is 6.12. The number of nitrogens with one attached hydrogen (secondary N) is 1. The molecule has 0 bridgehead atoms. The molecule has 2 fully saturated rings. The number of piperazine rings is 1. The van der Waals surface area contributed by atoms with Crippen molar-refractivity contribution in [2.45, 2.75) is 44.6 Å². The zero-order valence-electron chi connectivity index (χ0n) is 16.8. The fourth-order valence-corrected chi connectivity index (χ4v) is 4.13. The first-order valence-electron chi connectivity index (χ1n) is 10.6. The number of amides is 3. The van der Waals surface area contributed by atoms with Crippen LogP contribution in [0.2, 0.25) is 0 Å². The number of aromatic nitrogens is 2. The van der Waals surface area contributed by atoms with Crippen molar-refractivity contribution >= 4 is 11.9 Å². The fraction of sp³-hybridized carbons (Fsp3) is 0.500. The summed E-state index contributed by atoms with van der Waals surface area (Å²) in [5.41, 5.74) is 1.88. The van der Waals surface area contributed by atoms with Crippen molar-refractivity contribution in [3.05, 3.63) is 48.3 Å². The van der Waals surface area contributed by atoms with Crippen molar-refractivity contribution in [3.63, 3.8) is 0 Å². The molecule has 7 nitrogen and oxygen atoms in total. The number of carbonyl (C=O) groups excluding carboxylic acids is 2. The van der Waals surface area contributed by atoms with Crippen LogP contribution in [0, 0.1) is 0 Å². The molecule has 1 N–H and O–H groups in total. The molecular formula is C22H29N5O2. The average Bonchev–Trinajstić information content (AvgIpc) is 3.23. The average molecular weight is 396 g/mol. The third-order valence-corrected chi connectivity index (χ3v) is 5.86. The Labute approximate surface area is 171 Å². The van der Waals surface area contributed by atoms with E-state index >= 15 is 0 Å². The first-order chi connectivity index (χ1) is 14.2. The maximum atomic E-state index is 12.7. The summed E-state index contributed by atoms with van der Waals surface area (Å²) in [7, 11) is 0. The second kappa shape index (κ2) is 9.11. The summed E-state index contributed by atoms with van der Waals surface area (Å²) >= 11 is 0. The molecule has 2 aromatic rings. The van der Waals surface area contributed by atoms with Gasteiger partial charge in [0, 0.05) is 38.4 Å². The SMILES string of the molecule is O=C(Cc1cnn(-c2ccccc2)c1)N1CCN(C(=O)NC2CCCCC2)CC1. The Balaban J connectivity index is 1.25. The molecule has 7 heteroatoms. The van der Waals surface area contributed by atoms with Crippen molar-refractivity contribution in [3.8, 4) is 5.69 Å². The van der Waals surface area contributed by atoms with Crippen LogP contribution in [-0.2, 0) is 11.2 Å². The van der Waals surface area contributed by atoms with E-state index in [0.29, 0.717) is 38.6 Å². The number of hydrogen-bond donors (Lipinski definition) is 1. The maximum absolute atomic E-state index is 12.7. The molecule has 1 aromatic carbocycles. The van der Waals surface area contributed by atoms with E-state index < -0.39 is 0 Å². The topological polar surface area (TPSA) is 70.5 Å². The Morgan fingerprint density at radius 2 is 1.66 bits per heavy atom. The Bertz CT molecular complexity index is 821. The van der Waals surface area contributed by atoms with E-state index in [9.17, 15) is 9.59 Å². The quantitative estimate of drug-likeness (QED) is 0.865. The van der Waals surface area contributed by atoms with Crippen LogP contribution in [0.4, 0.5) is 4.79 Å². The highest BCUT2D eigenvalue weighted by Crippen LogP contribution is 2.18. The van der Waals surface area contributed by atoms with Gasteiger partial charge in [-0.15, -0.1) is 0 Å². The van der Waals surface area contributed by atoms with Crippen LogP contribution in [0.15, 0.2) is 42.7 Å². The van der Waals surface area contributed by atoms with Crippen molar-refractivity contribution in [2.24, 2.45) is 0 Å². The molecular weight excluding hydrogens is 366 g/mol. The first kappa shape index (κ1) is 19.5. The number of para-hydroxylation sites is 1. The summed E-state index contributed by atoms with van der Waals surface area (Å²) in [4.78, 5) is 28.8. The van der Waals surface area contributed by atoms with E-state index in [1.807, 2.05) is 46.3 Å². The third-order valence-electron chi connectivity index (χ3n) is 5.86. The monoisotopic (exact) mass is 395 g/mol. The predicted molar refractivity (Wildman–Crippen MR) is 111 cm³/mol. The van der Waals surface area contributed by atoms with Gasteiger partial charge in [-0.2, -0.15) is 5.10 Å². The minimum atomic E-state index is 0.0214. The molecule has 0 unspecified atom stereocenters. The summed E-state index contributed by atoms with van der Waals surface area (Å²) in [6.45, 7) is 2.36. The zero-order chi connectivity index (χ0) is 20.1. The molecule has 1 aromatic heterocycles. The van der Waals surface area contributed by atoms with Gasteiger partial charge in [0.05, 0.1) is 18.3 Å². The smallest absolute Gasteiger partial charge is 0.317 e. The molecule has 0 spiro atoms. The largest absolute Gasteiger partial charge is 0.339 e.